The van der Waals surface area contributed by atoms with Gasteiger partial charge in [-0.1, -0.05) is 59.9 Å². The van der Waals surface area contributed by atoms with E-state index >= 15 is 0 Å². The second kappa shape index (κ2) is 6.83. The van der Waals surface area contributed by atoms with Crippen molar-refractivity contribution in [3.05, 3.63) is 45.7 Å². The number of primary amides is 1. The molecule has 0 fully saturated rings. The van der Waals surface area contributed by atoms with Gasteiger partial charge < -0.3 is 10.8 Å². The fraction of sp³-hybridized carbons (Fsp3) is 0.421. The molecule has 0 bridgehead atoms. The van der Waals surface area contributed by atoms with Gasteiger partial charge in [0.25, 0.3) is 5.91 Å². The molecule has 0 radical (unpaired) electrons. The maximum Gasteiger partial charge on any atom is 0.255 e. The third-order valence-electron chi connectivity index (χ3n) is 3.50. The summed E-state index contributed by atoms with van der Waals surface area (Å²) in [7, 11) is 0. The third-order valence-corrected chi connectivity index (χ3v) is 4.24. The summed E-state index contributed by atoms with van der Waals surface area (Å²) >= 11 is 1.20. The lowest BCUT2D eigenvalue weighted by atomic mass is 9.78. The van der Waals surface area contributed by atoms with Gasteiger partial charge in [0.05, 0.1) is 4.91 Å². The van der Waals surface area contributed by atoms with Crippen molar-refractivity contribution in [1.82, 2.24) is 0 Å². The minimum Gasteiger partial charge on any atom is -0.507 e. The molecule has 1 aromatic carbocycles. The molecular weight excluding hydrogens is 306 g/mol. The predicted octanol–water partition coefficient (Wildman–Crippen LogP) is 4.69. The van der Waals surface area contributed by atoms with Gasteiger partial charge in [0, 0.05) is 11.1 Å². The topological polar surface area (TPSA) is 63.3 Å². The van der Waals surface area contributed by atoms with E-state index in [4.69, 9.17) is 5.73 Å². The lowest BCUT2D eigenvalue weighted by Crippen LogP contribution is -2.17. The van der Waals surface area contributed by atoms with Crippen molar-refractivity contribution >= 4 is 23.7 Å². The quantitative estimate of drug-likeness (QED) is 0.786. The normalized spacial score (nSPS) is 13.0. The Hall–Kier alpha value is -1.68. The standard InChI is InChI=1S/C19H27NO2S/c1-8-23-15(17(20)22)11-12-9-13(18(2,3)4)16(21)14(10-12)19(5,6)7/h8-11,21H,1H2,2-7H3,(H2,20,22)/b15-11-. The zero-order chi connectivity index (χ0) is 18.0. The molecule has 126 valence electrons. The van der Waals surface area contributed by atoms with Crippen LogP contribution in [-0.2, 0) is 15.6 Å². The summed E-state index contributed by atoms with van der Waals surface area (Å²) in [6.45, 7) is 15.9. The summed E-state index contributed by atoms with van der Waals surface area (Å²) in [6.07, 6.45) is 1.75. The molecule has 0 atom stereocenters. The number of carbonyl (C=O) groups excluding carboxylic acids is 1. The highest BCUT2D eigenvalue weighted by atomic mass is 32.2. The Balaban J connectivity index is 3.65. The number of phenols is 1. The van der Waals surface area contributed by atoms with E-state index in [0.29, 0.717) is 10.7 Å². The minimum atomic E-state index is -0.488. The molecule has 0 aliphatic heterocycles. The van der Waals surface area contributed by atoms with E-state index in [9.17, 15) is 9.90 Å². The van der Waals surface area contributed by atoms with Crippen LogP contribution >= 0.6 is 11.8 Å². The lowest BCUT2D eigenvalue weighted by molar-refractivity contribution is -0.113. The number of nitrogens with two attached hydrogens (primary N) is 1. The second-order valence-electron chi connectivity index (χ2n) is 7.62. The second-order valence-corrected chi connectivity index (χ2v) is 8.63. The first-order valence-corrected chi connectivity index (χ1v) is 8.43. The molecule has 0 heterocycles. The maximum absolute atomic E-state index is 11.6. The van der Waals surface area contributed by atoms with Crippen molar-refractivity contribution in [2.75, 3.05) is 0 Å². The maximum atomic E-state index is 11.6. The molecule has 0 saturated carbocycles. The van der Waals surface area contributed by atoms with Gasteiger partial charge in [-0.3, -0.25) is 4.79 Å². The molecule has 4 heteroatoms. The van der Waals surface area contributed by atoms with Crippen molar-refractivity contribution < 1.29 is 9.90 Å². The Morgan fingerprint density at radius 2 is 1.57 bits per heavy atom. The van der Waals surface area contributed by atoms with Crippen LogP contribution in [0.3, 0.4) is 0 Å². The molecule has 1 amide bonds. The molecule has 0 aliphatic carbocycles. The molecular formula is C19H27NO2S. The smallest absolute Gasteiger partial charge is 0.255 e. The Kier molecular flexibility index (Phi) is 5.75. The first kappa shape index (κ1) is 19.4. The number of thioether (sulfide) groups is 1. The highest BCUT2D eigenvalue weighted by Crippen LogP contribution is 2.40. The van der Waals surface area contributed by atoms with Crippen LogP contribution in [0.5, 0.6) is 5.75 Å². The van der Waals surface area contributed by atoms with Gasteiger partial charge in [0.2, 0.25) is 0 Å². The Labute approximate surface area is 143 Å². The number of carbonyl (C=O) groups is 1. The number of phenolic OH excluding ortho intramolecular Hbond substituents is 1. The molecule has 1 rings (SSSR count). The Morgan fingerprint density at radius 3 is 1.87 bits per heavy atom. The van der Waals surface area contributed by atoms with Gasteiger partial charge in [0.15, 0.2) is 0 Å². The van der Waals surface area contributed by atoms with Gasteiger partial charge in [-0.15, -0.1) is 0 Å². The number of benzene rings is 1. The molecule has 0 saturated heterocycles. The van der Waals surface area contributed by atoms with Crippen molar-refractivity contribution in [1.29, 1.82) is 0 Å². The molecule has 0 aromatic heterocycles. The van der Waals surface area contributed by atoms with Gasteiger partial charge in [-0.05, 0) is 40.0 Å². The van der Waals surface area contributed by atoms with Crippen LogP contribution in [0.2, 0.25) is 0 Å². The third kappa shape index (κ3) is 4.90. The summed E-state index contributed by atoms with van der Waals surface area (Å²) in [5.41, 5.74) is 7.54. The zero-order valence-electron chi connectivity index (χ0n) is 14.9. The molecule has 3 N–H and O–H groups in total. The average molecular weight is 333 g/mol. The summed E-state index contributed by atoms with van der Waals surface area (Å²) in [5, 5.41) is 12.3. The summed E-state index contributed by atoms with van der Waals surface area (Å²) in [4.78, 5) is 12.0. The van der Waals surface area contributed by atoms with Crippen LogP contribution in [0.25, 0.3) is 6.08 Å². The minimum absolute atomic E-state index is 0.216. The molecule has 3 nitrogen and oxygen atoms in total. The van der Waals surface area contributed by atoms with E-state index in [-0.39, 0.29) is 10.8 Å². The summed E-state index contributed by atoms with van der Waals surface area (Å²) < 4.78 is 0. The first-order chi connectivity index (χ1) is 10.4. The molecule has 0 spiro atoms. The van der Waals surface area contributed by atoms with Crippen molar-refractivity contribution in [3.8, 4) is 5.75 Å². The van der Waals surface area contributed by atoms with Crippen molar-refractivity contribution in [3.63, 3.8) is 0 Å². The highest BCUT2D eigenvalue weighted by Gasteiger charge is 2.26. The summed E-state index contributed by atoms with van der Waals surface area (Å²) in [6, 6.07) is 3.83. The van der Waals surface area contributed by atoms with Crippen LogP contribution < -0.4 is 5.73 Å². The van der Waals surface area contributed by atoms with E-state index in [0.717, 1.165) is 16.7 Å². The zero-order valence-corrected chi connectivity index (χ0v) is 15.7. The average Bonchev–Trinajstić information content (AvgIpc) is 2.37. The van der Waals surface area contributed by atoms with Crippen LogP contribution in [0.15, 0.2) is 29.0 Å². The largest absolute Gasteiger partial charge is 0.507 e. The molecule has 1 aromatic rings. The molecule has 0 unspecified atom stereocenters. The van der Waals surface area contributed by atoms with E-state index in [2.05, 4.69) is 48.1 Å². The lowest BCUT2D eigenvalue weighted by Gasteiger charge is -2.28. The highest BCUT2D eigenvalue weighted by molar-refractivity contribution is 8.06. The number of hydrogen-bond acceptors (Lipinski definition) is 3. The molecule has 23 heavy (non-hydrogen) atoms. The summed E-state index contributed by atoms with van der Waals surface area (Å²) in [5.74, 6) is -0.170. The van der Waals surface area contributed by atoms with E-state index < -0.39 is 5.91 Å². The van der Waals surface area contributed by atoms with Gasteiger partial charge >= 0.3 is 0 Å². The van der Waals surface area contributed by atoms with Gasteiger partial charge in [-0.25, -0.2) is 0 Å². The number of hydrogen-bond donors (Lipinski definition) is 2. The number of amides is 1. The van der Waals surface area contributed by atoms with E-state index in [1.165, 1.54) is 11.8 Å². The SMILES string of the molecule is C=CS/C(=C\c1cc(C(C)(C)C)c(O)c(C(C)(C)C)c1)C(N)=O. The number of rotatable bonds is 4. The van der Waals surface area contributed by atoms with Gasteiger partial charge in [0.1, 0.15) is 5.75 Å². The predicted molar refractivity (Wildman–Crippen MR) is 100 cm³/mol. The Morgan fingerprint density at radius 1 is 1.13 bits per heavy atom. The monoisotopic (exact) mass is 333 g/mol. The number of aromatic hydroxyl groups is 1. The fourth-order valence-corrected chi connectivity index (χ4v) is 2.79. The fourth-order valence-electron chi connectivity index (χ4n) is 2.29. The van der Waals surface area contributed by atoms with Crippen LogP contribution in [-0.4, -0.2) is 11.0 Å². The van der Waals surface area contributed by atoms with Crippen LogP contribution in [0.1, 0.15) is 58.2 Å². The van der Waals surface area contributed by atoms with Gasteiger partial charge in [-0.2, -0.15) is 0 Å². The van der Waals surface area contributed by atoms with Crippen LogP contribution in [0.4, 0.5) is 0 Å². The van der Waals surface area contributed by atoms with Crippen molar-refractivity contribution in [2.24, 2.45) is 5.73 Å². The Bertz CT molecular complexity index is 611. The van der Waals surface area contributed by atoms with Crippen molar-refractivity contribution in [2.45, 2.75) is 52.4 Å². The molecule has 0 aliphatic rings. The van der Waals surface area contributed by atoms with E-state index in [1.54, 1.807) is 11.5 Å². The van der Waals surface area contributed by atoms with E-state index in [1.807, 2.05) is 12.1 Å². The first-order valence-electron chi connectivity index (χ1n) is 7.55. The van der Waals surface area contributed by atoms with Crippen LogP contribution in [0, 0.1) is 0 Å².